The van der Waals surface area contributed by atoms with Crippen LogP contribution in [0.1, 0.15) is 25.3 Å². The standard InChI is InChI=1S/C25H37ClFN3O6S/c1-12(26)17(23-20(32)19(31)21(33)25(36-23)37-2)30-24(34)18-22-14(11-29-18)9-16(7-8-35-22)28-10-13-3-5-15(27)6-4-13/h3-6,12,14,16-23,25,28-29,31-33H,7-11H2,1-2H3,(H,30,34)/t12-,14-,16?,17+,18-,19?,20?,21?,22+,23?,25?/m0/s1. The maximum absolute atomic E-state index is 13.4. The van der Waals surface area contributed by atoms with Crippen LogP contribution in [0.25, 0.3) is 0 Å². The van der Waals surface area contributed by atoms with Crippen LogP contribution in [0, 0.1) is 11.7 Å². The average Bonchev–Trinajstić information content (AvgIpc) is 3.16. The molecule has 11 atom stereocenters. The summed E-state index contributed by atoms with van der Waals surface area (Å²) in [6, 6.07) is 5.20. The number of hydrogen-bond donors (Lipinski definition) is 6. The third kappa shape index (κ3) is 6.77. The number of fused-ring (bicyclic) bond motifs is 1. The number of alkyl halides is 1. The lowest BCUT2D eigenvalue weighted by molar-refractivity contribution is -0.205. The van der Waals surface area contributed by atoms with E-state index < -0.39 is 47.3 Å². The molecule has 3 saturated heterocycles. The molecule has 0 spiro atoms. The summed E-state index contributed by atoms with van der Waals surface area (Å²) in [5.74, 6) is -0.464. The largest absolute Gasteiger partial charge is 0.388 e. The fourth-order valence-corrected chi connectivity index (χ4v) is 6.32. The predicted molar refractivity (Wildman–Crippen MR) is 139 cm³/mol. The summed E-state index contributed by atoms with van der Waals surface area (Å²) in [5, 5.41) is 40.2. The number of aliphatic hydroxyl groups is 3. The van der Waals surface area contributed by atoms with Crippen molar-refractivity contribution >= 4 is 29.3 Å². The molecule has 0 saturated carbocycles. The van der Waals surface area contributed by atoms with Gasteiger partial charge in [0.25, 0.3) is 0 Å². The molecule has 4 rings (SSSR count). The van der Waals surface area contributed by atoms with Crippen LogP contribution in [0.4, 0.5) is 4.39 Å². The Kier molecular flexibility index (Phi) is 10.1. The van der Waals surface area contributed by atoms with E-state index in [-0.39, 0.29) is 29.8 Å². The van der Waals surface area contributed by atoms with E-state index in [0.29, 0.717) is 19.7 Å². The number of ether oxygens (including phenoxy) is 2. The van der Waals surface area contributed by atoms with E-state index in [1.165, 1.54) is 23.9 Å². The molecular weight excluding hydrogens is 525 g/mol. The summed E-state index contributed by atoms with van der Waals surface area (Å²) in [7, 11) is 0. The highest BCUT2D eigenvalue weighted by Gasteiger charge is 2.49. The van der Waals surface area contributed by atoms with E-state index in [1.54, 1.807) is 25.3 Å². The molecule has 1 aromatic carbocycles. The summed E-state index contributed by atoms with van der Waals surface area (Å²) < 4.78 is 25.2. The number of nitrogens with one attached hydrogen (secondary N) is 3. The average molecular weight is 562 g/mol. The Bertz CT molecular complexity index is 900. The van der Waals surface area contributed by atoms with Crippen LogP contribution in [0.3, 0.4) is 0 Å². The second-order valence-electron chi connectivity index (χ2n) is 10.1. The Hall–Kier alpha value is -1.02. The Morgan fingerprint density at radius 3 is 2.65 bits per heavy atom. The van der Waals surface area contributed by atoms with Gasteiger partial charge in [0.2, 0.25) is 5.91 Å². The van der Waals surface area contributed by atoms with Crippen molar-refractivity contribution in [1.82, 2.24) is 16.0 Å². The first-order valence-corrected chi connectivity index (χ1v) is 14.4. The molecule has 12 heteroatoms. The molecule has 37 heavy (non-hydrogen) atoms. The van der Waals surface area contributed by atoms with E-state index in [2.05, 4.69) is 16.0 Å². The number of aliphatic hydroxyl groups excluding tert-OH is 3. The van der Waals surface area contributed by atoms with Crippen LogP contribution < -0.4 is 16.0 Å². The maximum Gasteiger partial charge on any atom is 0.240 e. The highest BCUT2D eigenvalue weighted by atomic mass is 35.5. The fourth-order valence-electron chi connectivity index (χ4n) is 5.43. The summed E-state index contributed by atoms with van der Waals surface area (Å²) in [6.45, 7) is 3.41. The van der Waals surface area contributed by atoms with Gasteiger partial charge >= 0.3 is 0 Å². The van der Waals surface area contributed by atoms with Crippen LogP contribution in [0.15, 0.2) is 24.3 Å². The van der Waals surface area contributed by atoms with Crippen LogP contribution in [-0.4, -0.2) is 100 Å². The summed E-state index contributed by atoms with van der Waals surface area (Å²) in [5.41, 5.74) is 0.233. The lowest BCUT2D eigenvalue weighted by Crippen LogP contribution is -2.65. The van der Waals surface area contributed by atoms with Gasteiger partial charge in [0.15, 0.2) is 0 Å². The van der Waals surface area contributed by atoms with E-state index >= 15 is 0 Å². The van der Waals surface area contributed by atoms with Gasteiger partial charge in [0, 0.05) is 31.7 Å². The molecule has 1 amide bonds. The van der Waals surface area contributed by atoms with Gasteiger partial charge in [-0.3, -0.25) is 4.79 Å². The Balaban J connectivity index is 1.36. The van der Waals surface area contributed by atoms with Gasteiger partial charge < -0.3 is 40.7 Å². The molecule has 6 unspecified atom stereocenters. The van der Waals surface area contributed by atoms with Crippen molar-refractivity contribution in [2.75, 3.05) is 19.4 Å². The minimum atomic E-state index is -1.43. The summed E-state index contributed by atoms with van der Waals surface area (Å²) >= 11 is 7.61. The second kappa shape index (κ2) is 12.9. The highest BCUT2D eigenvalue weighted by Crippen LogP contribution is 2.31. The van der Waals surface area contributed by atoms with E-state index in [9.17, 15) is 24.5 Å². The van der Waals surface area contributed by atoms with Crippen molar-refractivity contribution in [3.63, 3.8) is 0 Å². The Morgan fingerprint density at radius 2 is 1.97 bits per heavy atom. The van der Waals surface area contributed by atoms with Gasteiger partial charge in [0.05, 0.1) is 17.5 Å². The quantitative estimate of drug-likeness (QED) is 0.249. The number of halogens is 2. The highest BCUT2D eigenvalue weighted by molar-refractivity contribution is 7.99. The molecule has 6 N–H and O–H groups in total. The number of amides is 1. The van der Waals surface area contributed by atoms with Gasteiger partial charge in [0.1, 0.15) is 41.7 Å². The molecule has 3 heterocycles. The second-order valence-corrected chi connectivity index (χ2v) is 11.7. The minimum Gasteiger partial charge on any atom is -0.388 e. The van der Waals surface area contributed by atoms with E-state index in [1.807, 2.05) is 0 Å². The number of rotatable bonds is 8. The monoisotopic (exact) mass is 561 g/mol. The maximum atomic E-state index is 13.4. The van der Waals surface area contributed by atoms with Crippen molar-refractivity contribution in [3.8, 4) is 0 Å². The third-order valence-corrected chi connectivity index (χ3v) is 8.67. The van der Waals surface area contributed by atoms with E-state index in [4.69, 9.17) is 21.1 Å². The van der Waals surface area contributed by atoms with Crippen LogP contribution >= 0.6 is 23.4 Å². The molecule has 3 aliphatic rings. The fraction of sp³-hybridized carbons (Fsp3) is 0.720. The van der Waals surface area contributed by atoms with E-state index in [0.717, 1.165) is 18.4 Å². The topological polar surface area (TPSA) is 132 Å². The SMILES string of the molecule is CSC1OC([C@H](NC(=O)[C@H]2NC[C@@H]3CC(NCc4ccc(F)cc4)CCO[C@H]32)[C@H](C)Cl)C(O)C(O)C1O. The zero-order valence-corrected chi connectivity index (χ0v) is 22.5. The first kappa shape index (κ1) is 29.0. The van der Waals surface area contributed by atoms with Crippen LogP contribution in [0.5, 0.6) is 0 Å². The number of thioether (sulfide) groups is 1. The Morgan fingerprint density at radius 1 is 1.24 bits per heavy atom. The minimum absolute atomic E-state index is 0.116. The van der Waals surface area contributed by atoms with Crippen LogP contribution in [0.2, 0.25) is 0 Å². The molecule has 3 aliphatic heterocycles. The third-order valence-electron chi connectivity index (χ3n) is 7.54. The van der Waals surface area contributed by atoms with Crippen molar-refractivity contribution < 1.29 is 34.0 Å². The molecule has 3 fully saturated rings. The predicted octanol–water partition coefficient (Wildman–Crippen LogP) is 0.334. The summed E-state index contributed by atoms with van der Waals surface area (Å²) in [6.07, 6.45) is -2.09. The van der Waals surface area contributed by atoms with Gasteiger partial charge in [-0.15, -0.1) is 23.4 Å². The number of benzene rings is 1. The lowest BCUT2D eigenvalue weighted by atomic mass is 9.92. The molecule has 0 bridgehead atoms. The number of carbonyl (C=O) groups excluding carboxylic acids is 1. The van der Waals surface area contributed by atoms with Gasteiger partial charge in [-0.2, -0.15) is 0 Å². The molecular formula is C25H37ClFN3O6S. The summed E-state index contributed by atoms with van der Waals surface area (Å²) in [4.78, 5) is 13.4. The zero-order chi connectivity index (χ0) is 26.7. The molecule has 0 radical (unpaired) electrons. The molecule has 1 aromatic rings. The molecule has 9 nitrogen and oxygen atoms in total. The van der Waals surface area contributed by atoms with Crippen LogP contribution in [-0.2, 0) is 20.8 Å². The Labute approximate surface area is 225 Å². The van der Waals surface area contributed by atoms with Crippen molar-refractivity contribution in [3.05, 3.63) is 35.6 Å². The smallest absolute Gasteiger partial charge is 0.240 e. The first-order chi connectivity index (χ1) is 17.7. The van der Waals surface area contributed by atoms with Crippen molar-refractivity contribution in [2.24, 2.45) is 5.92 Å². The van der Waals surface area contributed by atoms with Crippen molar-refractivity contribution in [1.29, 1.82) is 0 Å². The van der Waals surface area contributed by atoms with Gasteiger partial charge in [-0.05, 0) is 43.7 Å². The number of carbonyl (C=O) groups is 1. The molecule has 208 valence electrons. The molecule has 0 aliphatic carbocycles. The normalized spacial score (nSPS) is 37.9. The number of hydrogen-bond acceptors (Lipinski definition) is 9. The zero-order valence-electron chi connectivity index (χ0n) is 20.9. The first-order valence-electron chi connectivity index (χ1n) is 12.7. The molecule has 0 aromatic heterocycles. The lowest BCUT2D eigenvalue weighted by Gasteiger charge is -2.44. The van der Waals surface area contributed by atoms with Gasteiger partial charge in [-0.1, -0.05) is 12.1 Å². The van der Waals surface area contributed by atoms with Crippen molar-refractivity contribution in [2.45, 2.75) is 85.8 Å². The van der Waals surface area contributed by atoms with Gasteiger partial charge in [-0.25, -0.2) is 4.39 Å².